The number of carbonyl (C=O) groups excluding carboxylic acids is 3. The molecule has 0 heterocycles. The Kier molecular flexibility index (Phi) is 4.88. The first kappa shape index (κ1) is 22.2. The molecule has 0 aliphatic heterocycles. The SMILES string of the molecule is CC(=O)O[C@@H]1C2=C(C3=C(O)c4cccc(O)c4C(=O)C3=C2[N+]#N)[C@H](O)[C@@H](OC(C)=O)[C@]1(C)O. The van der Waals surface area contributed by atoms with Gasteiger partial charge < -0.3 is 29.9 Å². The molecule has 3 aliphatic carbocycles. The second-order valence-corrected chi connectivity index (χ2v) is 8.09. The molecule has 0 saturated heterocycles. The summed E-state index contributed by atoms with van der Waals surface area (Å²) in [4.78, 5) is 40.0. The highest BCUT2D eigenvalue weighted by Crippen LogP contribution is 2.54. The molecule has 0 spiro atoms. The van der Waals surface area contributed by atoms with Gasteiger partial charge in [-0.25, -0.2) is 0 Å². The number of hydrogen-bond donors (Lipinski definition) is 4. The lowest BCUT2D eigenvalue weighted by Crippen LogP contribution is -2.61. The van der Waals surface area contributed by atoms with Crippen LogP contribution in [-0.2, 0) is 19.1 Å². The van der Waals surface area contributed by atoms with Crippen molar-refractivity contribution < 1.29 is 44.3 Å². The Morgan fingerprint density at radius 1 is 1.09 bits per heavy atom. The smallest absolute Gasteiger partial charge is 0.404 e. The predicted octanol–water partition coefficient (Wildman–Crippen LogP) is 1.26. The van der Waals surface area contributed by atoms with Crippen LogP contribution in [-0.4, -0.2) is 62.1 Å². The van der Waals surface area contributed by atoms with Crippen molar-refractivity contribution in [1.82, 2.24) is 0 Å². The van der Waals surface area contributed by atoms with E-state index < -0.39 is 58.8 Å². The lowest BCUT2D eigenvalue weighted by Gasteiger charge is -2.44. The molecule has 0 bridgehead atoms. The summed E-state index contributed by atoms with van der Waals surface area (Å²) in [5, 5.41) is 53.4. The highest BCUT2D eigenvalue weighted by molar-refractivity contribution is 6.22. The van der Waals surface area contributed by atoms with E-state index in [2.05, 4.69) is 4.98 Å². The molecule has 0 radical (unpaired) electrons. The number of carbonyl (C=O) groups is 3. The van der Waals surface area contributed by atoms with Crippen LogP contribution in [0.15, 0.2) is 46.2 Å². The van der Waals surface area contributed by atoms with E-state index in [-0.39, 0.29) is 33.4 Å². The highest BCUT2D eigenvalue weighted by atomic mass is 16.6. The van der Waals surface area contributed by atoms with Gasteiger partial charge in [0.2, 0.25) is 11.2 Å². The van der Waals surface area contributed by atoms with E-state index in [1.54, 1.807) is 0 Å². The van der Waals surface area contributed by atoms with Gasteiger partial charge in [-0.15, -0.1) is 0 Å². The number of phenols is 1. The molecule has 33 heavy (non-hydrogen) atoms. The number of aliphatic hydroxyl groups excluding tert-OH is 2. The number of aromatic hydroxyl groups is 1. The summed E-state index contributed by atoms with van der Waals surface area (Å²) in [6.07, 6.45) is -5.16. The normalized spacial score (nSPS) is 28.1. The first-order chi connectivity index (χ1) is 15.4. The Hall–Kier alpha value is -4.01. The lowest BCUT2D eigenvalue weighted by atomic mass is 9.73. The van der Waals surface area contributed by atoms with Gasteiger partial charge >= 0.3 is 17.6 Å². The second-order valence-electron chi connectivity index (χ2n) is 8.09. The molecule has 0 unspecified atom stereocenters. The molecular weight excluding hydrogens is 436 g/mol. The minimum absolute atomic E-state index is 0.0533. The molecule has 4 atom stereocenters. The summed E-state index contributed by atoms with van der Waals surface area (Å²) in [6.45, 7) is 3.22. The van der Waals surface area contributed by atoms with E-state index in [0.717, 1.165) is 20.8 Å². The Labute approximate surface area is 186 Å². The molecule has 1 aromatic carbocycles. The number of hydrogen-bond acceptors (Lipinski definition) is 10. The van der Waals surface area contributed by atoms with Crippen molar-refractivity contribution in [2.45, 2.75) is 44.7 Å². The molecule has 4 rings (SSSR count). The first-order valence-corrected chi connectivity index (χ1v) is 9.83. The fraction of sp³-hybridized carbons (Fsp3) is 0.318. The average molecular weight is 455 g/mol. The monoisotopic (exact) mass is 455 g/mol. The van der Waals surface area contributed by atoms with Crippen LogP contribution >= 0.6 is 0 Å². The van der Waals surface area contributed by atoms with Crippen molar-refractivity contribution >= 4 is 23.5 Å². The summed E-state index contributed by atoms with van der Waals surface area (Å²) >= 11 is 0. The van der Waals surface area contributed by atoms with Gasteiger partial charge in [0.15, 0.2) is 17.2 Å². The van der Waals surface area contributed by atoms with E-state index in [1.165, 1.54) is 18.2 Å². The standard InChI is InChI=1S/C22H18N2O9/c1-7(25)32-20-15-13(19(30)21(22(20,3)31)33-8(2)26)12-14(16(15)24-23)18(29)11-9(17(12)28)5-4-6-10(11)27/h4-6,19-21,30-31H,1-3H3,(H-,27,28,29)/p+1/t19-,20+,21+,22+/m0/s1. The zero-order valence-corrected chi connectivity index (χ0v) is 17.7. The minimum Gasteiger partial charge on any atom is -0.507 e. The van der Waals surface area contributed by atoms with Gasteiger partial charge in [-0.05, 0) is 13.0 Å². The molecule has 0 saturated carbocycles. The number of ether oxygens (including phenoxy) is 2. The number of benzene rings is 1. The predicted molar refractivity (Wildman–Crippen MR) is 109 cm³/mol. The van der Waals surface area contributed by atoms with Gasteiger partial charge in [-0.2, -0.15) is 0 Å². The number of nitrogens with zero attached hydrogens (tertiary/aromatic N) is 2. The molecule has 3 aliphatic rings. The molecule has 0 amide bonds. The first-order valence-electron chi connectivity index (χ1n) is 9.83. The van der Waals surface area contributed by atoms with E-state index in [9.17, 15) is 40.2 Å². The Balaban J connectivity index is 2.09. The topological polar surface area (TPSA) is 179 Å². The average Bonchev–Trinajstić information content (AvgIpc) is 3.07. The van der Waals surface area contributed by atoms with Crippen molar-refractivity contribution in [3.8, 4) is 5.75 Å². The van der Waals surface area contributed by atoms with Crippen LogP contribution in [0.5, 0.6) is 5.75 Å². The third-order valence-electron chi connectivity index (χ3n) is 5.92. The quantitative estimate of drug-likeness (QED) is 0.375. The third kappa shape index (κ3) is 2.95. The maximum Gasteiger partial charge on any atom is 0.404 e. The summed E-state index contributed by atoms with van der Waals surface area (Å²) in [6, 6.07) is 3.98. The van der Waals surface area contributed by atoms with Crippen LogP contribution in [0.1, 0.15) is 36.7 Å². The summed E-state index contributed by atoms with van der Waals surface area (Å²) in [5.41, 5.74) is -4.13. The van der Waals surface area contributed by atoms with E-state index in [4.69, 9.17) is 9.47 Å². The maximum absolute atomic E-state index is 13.3. The van der Waals surface area contributed by atoms with Crippen LogP contribution in [0.2, 0.25) is 0 Å². The lowest BCUT2D eigenvalue weighted by molar-refractivity contribution is -0.200. The Morgan fingerprint density at radius 2 is 1.73 bits per heavy atom. The van der Waals surface area contributed by atoms with Crippen molar-refractivity contribution in [3.63, 3.8) is 0 Å². The zero-order valence-electron chi connectivity index (χ0n) is 17.7. The number of ketones is 1. The van der Waals surface area contributed by atoms with Crippen molar-refractivity contribution in [2.75, 3.05) is 0 Å². The van der Waals surface area contributed by atoms with Gasteiger partial charge in [0, 0.05) is 30.6 Å². The number of diazo groups is 1. The van der Waals surface area contributed by atoms with Crippen molar-refractivity contribution in [3.05, 3.63) is 62.3 Å². The number of fused-ring (bicyclic) bond motifs is 3. The molecule has 1 aromatic rings. The summed E-state index contributed by atoms with van der Waals surface area (Å²) in [7, 11) is 0. The number of Topliss-reactive ketones (excluding diaryl/α,β-unsaturated/α-hetero) is 1. The molecule has 11 nitrogen and oxygen atoms in total. The van der Waals surface area contributed by atoms with Gasteiger partial charge in [0.05, 0.1) is 11.1 Å². The Bertz CT molecular complexity index is 1280. The highest BCUT2D eigenvalue weighted by Gasteiger charge is 2.63. The number of allylic oxidation sites excluding steroid dienone is 1. The van der Waals surface area contributed by atoms with Gasteiger partial charge in [0.25, 0.3) is 0 Å². The molecule has 0 aromatic heterocycles. The maximum atomic E-state index is 13.3. The zero-order chi connectivity index (χ0) is 24.4. The Morgan fingerprint density at radius 3 is 2.30 bits per heavy atom. The van der Waals surface area contributed by atoms with Gasteiger partial charge in [0.1, 0.15) is 28.8 Å². The number of phenolic OH excluding ortho intramolecular Hbond substituents is 1. The van der Waals surface area contributed by atoms with Gasteiger partial charge in [-0.1, -0.05) is 12.1 Å². The largest absolute Gasteiger partial charge is 0.507 e. The fourth-order valence-corrected chi connectivity index (χ4v) is 4.65. The molecule has 170 valence electrons. The minimum atomic E-state index is -2.23. The van der Waals surface area contributed by atoms with E-state index in [1.807, 2.05) is 0 Å². The molecule has 11 heteroatoms. The van der Waals surface area contributed by atoms with E-state index in [0.29, 0.717) is 0 Å². The van der Waals surface area contributed by atoms with Crippen LogP contribution in [0.25, 0.3) is 10.7 Å². The van der Waals surface area contributed by atoms with Crippen molar-refractivity contribution in [1.29, 1.82) is 5.39 Å². The summed E-state index contributed by atoms with van der Waals surface area (Å²) < 4.78 is 10.4. The number of aliphatic hydroxyl groups is 3. The number of rotatable bonds is 2. The van der Waals surface area contributed by atoms with Crippen LogP contribution in [0, 0.1) is 5.39 Å². The molecule has 4 N–H and O–H groups in total. The van der Waals surface area contributed by atoms with Crippen LogP contribution in [0.4, 0.5) is 0 Å². The fourth-order valence-electron chi connectivity index (χ4n) is 4.65. The van der Waals surface area contributed by atoms with Gasteiger partial charge in [-0.3, -0.25) is 14.4 Å². The molecular formula is C22H19N2O9+. The second kappa shape index (κ2) is 7.26. The van der Waals surface area contributed by atoms with Crippen LogP contribution in [0.3, 0.4) is 0 Å². The van der Waals surface area contributed by atoms with E-state index >= 15 is 0 Å². The summed E-state index contributed by atoms with van der Waals surface area (Å²) in [5.74, 6) is -3.55. The third-order valence-corrected chi connectivity index (χ3v) is 5.92. The molecule has 0 fully saturated rings. The number of esters is 2. The van der Waals surface area contributed by atoms with Crippen LogP contribution < -0.4 is 0 Å². The van der Waals surface area contributed by atoms with Crippen molar-refractivity contribution in [2.24, 2.45) is 0 Å².